The topological polar surface area (TPSA) is 65.8 Å². The first-order chi connectivity index (χ1) is 15.1. The van der Waals surface area contributed by atoms with Crippen molar-refractivity contribution in [2.24, 2.45) is 0 Å². The number of halogens is 1. The number of nitrogens with one attached hydrogen (secondary N) is 2. The maximum atomic E-state index is 13.1. The van der Waals surface area contributed by atoms with Gasteiger partial charge in [0.25, 0.3) is 17.4 Å². The molecule has 1 aliphatic heterocycles. The number of hydrogen-bond donors (Lipinski definition) is 2. The van der Waals surface area contributed by atoms with Crippen LogP contribution in [-0.4, -0.2) is 16.7 Å². The van der Waals surface area contributed by atoms with Crippen molar-refractivity contribution in [1.82, 2.24) is 4.98 Å². The van der Waals surface area contributed by atoms with E-state index in [4.69, 9.17) is 0 Å². The largest absolute Gasteiger partial charge is 1.00 e. The Balaban J connectivity index is 0.00000216. The number of carbonyl (C=O) groups is 2. The van der Waals surface area contributed by atoms with Crippen molar-refractivity contribution in [2.75, 3.05) is 5.32 Å². The molecule has 0 fully saturated rings. The average Bonchev–Trinajstić information content (AvgIpc) is 3.30. The molecule has 5 aromatic rings. The van der Waals surface area contributed by atoms with Crippen LogP contribution in [0.4, 0.5) is 5.69 Å². The van der Waals surface area contributed by atoms with Crippen molar-refractivity contribution in [2.45, 2.75) is 6.92 Å². The second-order valence-electron chi connectivity index (χ2n) is 7.82. The van der Waals surface area contributed by atoms with Gasteiger partial charge in [-0.1, -0.05) is 30.3 Å². The van der Waals surface area contributed by atoms with E-state index in [1.165, 1.54) is 0 Å². The van der Waals surface area contributed by atoms with Crippen LogP contribution in [0.25, 0.3) is 27.5 Å². The zero-order chi connectivity index (χ0) is 21.1. The van der Waals surface area contributed by atoms with E-state index in [1.807, 2.05) is 84.4 Å². The fourth-order valence-corrected chi connectivity index (χ4v) is 4.39. The molecule has 156 valence electrons. The van der Waals surface area contributed by atoms with Crippen LogP contribution in [0.2, 0.25) is 0 Å². The van der Waals surface area contributed by atoms with E-state index in [2.05, 4.69) is 10.3 Å². The van der Waals surface area contributed by atoms with Gasteiger partial charge < -0.3 is 27.3 Å². The number of carbonyl (C=O) groups excluding carboxylic acids is 2. The number of anilines is 1. The molecule has 0 saturated heterocycles. The van der Waals surface area contributed by atoms with Crippen LogP contribution in [0.1, 0.15) is 32.0 Å². The average molecular weight is 484 g/mol. The SMILES string of the molecule is Cc1ccccc1NC(=O)c1ccc2[nH]c3c4[n+](ccc3c2c1)-c1ccccc1C4=O.[Br-]. The first-order valence-corrected chi connectivity index (χ1v) is 10.1. The Morgan fingerprint density at radius 3 is 2.56 bits per heavy atom. The Morgan fingerprint density at radius 2 is 1.72 bits per heavy atom. The Bertz CT molecular complexity index is 1570. The summed E-state index contributed by atoms with van der Waals surface area (Å²) in [5, 5.41) is 4.82. The summed E-state index contributed by atoms with van der Waals surface area (Å²) in [6.45, 7) is 1.96. The number of para-hydroxylation sites is 2. The molecule has 6 heteroatoms. The Morgan fingerprint density at radius 1 is 0.938 bits per heavy atom. The van der Waals surface area contributed by atoms with Gasteiger partial charge in [-0.25, -0.2) is 0 Å². The number of fused-ring (bicyclic) bond motifs is 7. The molecule has 1 aliphatic rings. The Kier molecular flexibility index (Phi) is 4.68. The van der Waals surface area contributed by atoms with Gasteiger partial charge in [0, 0.05) is 39.7 Å². The summed E-state index contributed by atoms with van der Waals surface area (Å²) < 4.78 is 1.93. The number of benzene rings is 3. The van der Waals surface area contributed by atoms with Crippen molar-refractivity contribution < 1.29 is 31.1 Å². The summed E-state index contributed by atoms with van der Waals surface area (Å²) in [6.07, 6.45) is 1.93. The highest BCUT2D eigenvalue weighted by atomic mass is 79.9. The lowest BCUT2D eigenvalue weighted by Gasteiger charge is -2.08. The third-order valence-corrected chi connectivity index (χ3v) is 5.99. The highest BCUT2D eigenvalue weighted by Crippen LogP contribution is 2.31. The first kappa shape index (κ1) is 20.2. The van der Waals surface area contributed by atoms with Gasteiger partial charge in [-0.05, 0) is 42.8 Å². The number of ketones is 1. The molecule has 5 nitrogen and oxygen atoms in total. The van der Waals surface area contributed by atoms with E-state index in [-0.39, 0.29) is 28.7 Å². The number of rotatable bonds is 2. The lowest BCUT2D eigenvalue weighted by molar-refractivity contribution is -0.592. The molecule has 2 N–H and O–H groups in total. The molecule has 6 rings (SSSR count). The molecule has 0 unspecified atom stereocenters. The molecule has 32 heavy (non-hydrogen) atoms. The summed E-state index contributed by atoms with van der Waals surface area (Å²) in [5.74, 6) is -0.158. The zero-order valence-corrected chi connectivity index (χ0v) is 18.7. The predicted molar refractivity (Wildman–Crippen MR) is 120 cm³/mol. The quantitative estimate of drug-likeness (QED) is 0.368. The fourth-order valence-electron chi connectivity index (χ4n) is 4.39. The number of aromatic nitrogens is 2. The molecule has 0 aliphatic carbocycles. The van der Waals surface area contributed by atoms with Gasteiger partial charge in [0.2, 0.25) is 5.69 Å². The minimum Gasteiger partial charge on any atom is -1.00 e. The van der Waals surface area contributed by atoms with E-state index in [1.54, 1.807) is 6.07 Å². The van der Waals surface area contributed by atoms with Crippen molar-refractivity contribution in [3.63, 3.8) is 0 Å². The molecular formula is C26H18BrN3O2. The Labute approximate surface area is 194 Å². The van der Waals surface area contributed by atoms with Crippen LogP contribution in [0.15, 0.2) is 79.0 Å². The van der Waals surface area contributed by atoms with Crippen LogP contribution in [-0.2, 0) is 0 Å². The summed E-state index contributed by atoms with van der Waals surface area (Å²) in [5.41, 5.74) is 6.27. The smallest absolute Gasteiger partial charge is 0.284 e. The molecule has 1 amide bonds. The maximum absolute atomic E-state index is 13.1. The highest BCUT2D eigenvalue weighted by molar-refractivity contribution is 6.21. The predicted octanol–water partition coefficient (Wildman–Crippen LogP) is 1.71. The molecule has 3 heterocycles. The molecule has 0 spiro atoms. The van der Waals surface area contributed by atoms with Gasteiger partial charge in [-0.2, -0.15) is 4.57 Å². The zero-order valence-electron chi connectivity index (χ0n) is 17.1. The van der Waals surface area contributed by atoms with E-state index < -0.39 is 0 Å². The van der Waals surface area contributed by atoms with Crippen molar-refractivity contribution >= 4 is 39.2 Å². The van der Waals surface area contributed by atoms with E-state index in [0.717, 1.165) is 38.7 Å². The second kappa shape index (κ2) is 7.43. The van der Waals surface area contributed by atoms with Gasteiger partial charge in [0.1, 0.15) is 11.1 Å². The standard InChI is InChI=1S/C26H17N3O2.BrH/c1-15-6-2-4-8-20(15)28-26(31)16-10-11-21-19(14-16)17-12-13-29-22-9-5-3-7-18(22)25(30)24(29)23(17)27-21;/h2-14H,1H3,(H,28,31);1H. The summed E-state index contributed by atoms with van der Waals surface area (Å²) in [6, 6.07) is 22.9. The molecule has 0 atom stereocenters. The van der Waals surface area contributed by atoms with E-state index >= 15 is 0 Å². The fraction of sp³-hybridized carbons (Fsp3) is 0.0385. The number of pyridine rings is 1. The van der Waals surface area contributed by atoms with E-state index in [0.29, 0.717) is 16.8 Å². The van der Waals surface area contributed by atoms with Crippen molar-refractivity contribution in [1.29, 1.82) is 0 Å². The van der Waals surface area contributed by atoms with Crippen LogP contribution < -0.4 is 26.9 Å². The molecule has 3 aromatic carbocycles. The number of hydrogen-bond acceptors (Lipinski definition) is 2. The van der Waals surface area contributed by atoms with Crippen LogP contribution in [0.5, 0.6) is 0 Å². The number of aryl methyl sites for hydroxylation is 1. The van der Waals surface area contributed by atoms with Gasteiger partial charge >= 0.3 is 0 Å². The van der Waals surface area contributed by atoms with Gasteiger partial charge in [-0.15, -0.1) is 0 Å². The molecule has 0 radical (unpaired) electrons. The molecule has 2 aromatic heterocycles. The lowest BCUT2D eigenvalue weighted by Crippen LogP contribution is -3.00. The number of aromatic amines is 1. The number of nitrogens with zero attached hydrogens (tertiary/aromatic N) is 1. The van der Waals surface area contributed by atoms with E-state index in [9.17, 15) is 9.59 Å². The molecule has 0 saturated carbocycles. The third-order valence-electron chi connectivity index (χ3n) is 5.99. The summed E-state index contributed by atoms with van der Waals surface area (Å²) in [4.78, 5) is 29.4. The molecule has 0 bridgehead atoms. The second-order valence-corrected chi connectivity index (χ2v) is 7.82. The summed E-state index contributed by atoms with van der Waals surface area (Å²) in [7, 11) is 0. The van der Waals surface area contributed by atoms with Gasteiger partial charge in [-0.3, -0.25) is 9.59 Å². The first-order valence-electron chi connectivity index (χ1n) is 10.1. The Hall–Kier alpha value is -3.77. The van der Waals surface area contributed by atoms with Crippen molar-refractivity contribution in [3.05, 3.63) is 101 Å². The van der Waals surface area contributed by atoms with Crippen molar-refractivity contribution in [3.8, 4) is 5.69 Å². The minimum atomic E-state index is -0.162. The minimum absolute atomic E-state index is 0. The number of H-pyrrole nitrogens is 1. The normalized spacial score (nSPS) is 11.8. The van der Waals surface area contributed by atoms with Gasteiger partial charge in [0.15, 0.2) is 6.20 Å². The molecular weight excluding hydrogens is 466 g/mol. The van der Waals surface area contributed by atoms with Crippen LogP contribution in [0.3, 0.4) is 0 Å². The third kappa shape index (κ3) is 2.87. The lowest BCUT2D eigenvalue weighted by atomic mass is 10.1. The number of amides is 1. The summed E-state index contributed by atoms with van der Waals surface area (Å²) >= 11 is 0. The maximum Gasteiger partial charge on any atom is 0.284 e. The highest BCUT2D eigenvalue weighted by Gasteiger charge is 2.38. The van der Waals surface area contributed by atoms with Crippen LogP contribution in [0, 0.1) is 6.92 Å². The van der Waals surface area contributed by atoms with Gasteiger partial charge in [0.05, 0.1) is 0 Å². The van der Waals surface area contributed by atoms with Crippen LogP contribution >= 0.6 is 0 Å². The monoisotopic (exact) mass is 483 g/mol.